The first-order valence-corrected chi connectivity index (χ1v) is 6.49. The second kappa shape index (κ2) is 5.20. The third kappa shape index (κ3) is 2.42. The summed E-state index contributed by atoms with van der Waals surface area (Å²) < 4.78 is 0. The lowest BCUT2D eigenvalue weighted by Gasteiger charge is -2.35. The van der Waals surface area contributed by atoms with E-state index in [-0.39, 0.29) is 5.91 Å². The summed E-state index contributed by atoms with van der Waals surface area (Å²) in [4.78, 5) is 16.2. The van der Waals surface area contributed by atoms with Crippen molar-refractivity contribution in [2.45, 2.75) is 0 Å². The van der Waals surface area contributed by atoms with E-state index in [9.17, 15) is 4.79 Å². The maximum atomic E-state index is 12.1. The number of benzene rings is 1. The van der Waals surface area contributed by atoms with Gasteiger partial charge in [-0.2, -0.15) is 15.4 Å². The number of carbonyl (C=O) groups is 1. The minimum Gasteiger partial charge on any atom is -0.399 e. The van der Waals surface area contributed by atoms with Gasteiger partial charge in [-0.25, -0.2) is 0 Å². The molecule has 1 aliphatic heterocycles. The van der Waals surface area contributed by atoms with Crippen molar-refractivity contribution in [3.05, 3.63) is 36.2 Å². The van der Waals surface area contributed by atoms with Crippen LogP contribution in [0.2, 0.25) is 0 Å². The first kappa shape index (κ1) is 12.5. The molecule has 0 saturated carbocycles. The Bertz CT molecular complexity index is 571. The molecule has 2 aromatic rings. The van der Waals surface area contributed by atoms with Crippen molar-refractivity contribution in [2.75, 3.05) is 36.8 Å². The molecule has 7 heteroatoms. The summed E-state index contributed by atoms with van der Waals surface area (Å²) in [6.45, 7) is 2.95. The van der Waals surface area contributed by atoms with Crippen LogP contribution in [-0.2, 0) is 0 Å². The number of nitrogen functional groups attached to an aromatic ring is 1. The van der Waals surface area contributed by atoms with Gasteiger partial charge in [0, 0.05) is 37.6 Å². The number of amides is 1. The van der Waals surface area contributed by atoms with Gasteiger partial charge in [0.1, 0.15) is 0 Å². The summed E-state index contributed by atoms with van der Waals surface area (Å²) in [5, 5.41) is 9.95. The highest BCUT2D eigenvalue weighted by Crippen LogP contribution is 2.18. The topological polar surface area (TPSA) is 91.1 Å². The van der Waals surface area contributed by atoms with Gasteiger partial charge in [0.2, 0.25) is 0 Å². The van der Waals surface area contributed by atoms with E-state index in [1.54, 1.807) is 4.90 Å². The zero-order chi connectivity index (χ0) is 13.9. The Kier molecular flexibility index (Phi) is 3.24. The highest BCUT2D eigenvalue weighted by atomic mass is 16.2. The van der Waals surface area contributed by atoms with Gasteiger partial charge in [-0.05, 0) is 24.3 Å². The maximum Gasteiger partial charge on any atom is 0.276 e. The number of H-pyrrole nitrogens is 1. The normalized spacial score (nSPS) is 15.4. The number of rotatable bonds is 2. The molecule has 1 aromatic heterocycles. The Morgan fingerprint density at radius 2 is 1.85 bits per heavy atom. The number of nitrogens with two attached hydrogens (primary N) is 1. The molecule has 1 amide bonds. The molecule has 2 heterocycles. The second-order valence-corrected chi connectivity index (χ2v) is 4.73. The molecule has 1 fully saturated rings. The van der Waals surface area contributed by atoms with Crippen LogP contribution in [0.4, 0.5) is 11.4 Å². The van der Waals surface area contributed by atoms with E-state index in [1.807, 2.05) is 24.3 Å². The van der Waals surface area contributed by atoms with Crippen LogP contribution in [0, 0.1) is 0 Å². The lowest BCUT2D eigenvalue weighted by atomic mass is 10.2. The summed E-state index contributed by atoms with van der Waals surface area (Å²) in [5.41, 5.74) is 7.94. The van der Waals surface area contributed by atoms with E-state index in [2.05, 4.69) is 20.3 Å². The van der Waals surface area contributed by atoms with Crippen molar-refractivity contribution in [2.24, 2.45) is 0 Å². The highest BCUT2D eigenvalue weighted by molar-refractivity contribution is 5.92. The fourth-order valence-electron chi connectivity index (χ4n) is 2.32. The number of anilines is 2. The van der Waals surface area contributed by atoms with Gasteiger partial charge in [0.05, 0.1) is 6.20 Å². The van der Waals surface area contributed by atoms with E-state index in [4.69, 9.17) is 5.73 Å². The van der Waals surface area contributed by atoms with Crippen molar-refractivity contribution in [3.63, 3.8) is 0 Å². The average molecular weight is 272 g/mol. The van der Waals surface area contributed by atoms with Crippen molar-refractivity contribution in [3.8, 4) is 0 Å². The van der Waals surface area contributed by atoms with E-state index in [0.717, 1.165) is 24.5 Å². The Hall–Kier alpha value is -2.57. The molecule has 1 aromatic carbocycles. The molecule has 1 saturated heterocycles. The van der Waals surface area contributed by atoms with Crippen LogP contribution in [0.3, 0.4) is 0 Å². The molecule has 0 bridgehead atoms. The molecule has 0 aliphatic carbocycles. The zero-order valence-electron chi connectivity index (χ0n) is 11.0. The first-order valence-electron chi connectivity index (χ1n) is 6.49. The molecule has 0 unspecified atom stereocenters. The molecule has 104 valence electrons. The van der Waals surface area contributed by atoms with Gasteiger partial charge < -0.3 is 15.5 Å². The van der Waals surface area contributed by atoms with Gasteiger partial charge >= 0.3 is 0 Å². The smallest absolute Gasteiger partial charge is 0.276 e. The van der Waals surface area contributed by atoms with Crippen LogP contribution in [0.15, 0.2) is 30.5 Å². The van der Waals surface area contributed by atoms with Gasteiger partial charge in [-0.15, -0.1) is 0 Å². The van der Waals surface area contributed by atoms with Gasteiger partial charge in [-0.3, -0.25) is 4.79 Å². The quantitative estimate of drug-likeness (QED) is 0.770. The number of nitrogens with zero attached hydrogens (tertiary/aromatic N) is 4. The van der Waals surface area contributed by atoms with E-state index >= 15 is 0 Å². The molecular weight excluding hydrogens is 256 g/mol. The van der Waals surface area contributed by atoms with E-state index in [1.165, 1.54) is 6.20 Å². The van der Waals surface area contributed by atoms with Crippen LogP contribution in [0.1, 0.15) is 10.5 Å². The zero-order valence-corrected chi connectivity index (χ0v) is 11.0. The molecule has 0 spiro atoms. The number of aromatic nitrogens is 3. The van der Waals surface area contributed by atoms with Crippen LogP contribution in [-0.4, -0.2) is 52.4 Å². The molecule has 1 aliphatic rings. The minimum atomic E-state index is -0.0734. The Balaban J connectivity index is 1.62. The molecule has 3 rings (SSSR count). The maximum absolute atomic E-state index is 12.1. The van der Waals surface area contributed by atoms with Gasteiger partial charge in [-0.1, -0.05) is 0 Å². The van der Waals surface area contributed by atoms with Gasteiger partial charge in [0.15, 0.2) is 5.69 Å². The lowest BCUT2D eigenvalue weighted by Crippen LogP contribution is -2.48. The summed E-state index contributed by atoms with van der Waals surface area (Å²) in [5.74, 6) is -0.0734. The molecule has 7 nitrogen and oxygen atoms in total. The molecule has 0 radical (unpaired) electrons. The predicted octanol–water partition coefficient (Wildman–Crippen LogP) is 0.349. The largest absolute Gasteiger partial charge is 0.399 e. The first-order chi connectivity index (χ1) is 9.74. The third-order valence-corrected chi connectivity index (χ3v) is 3.46. The number of carbonyl (C=O) groups excluding carboxylic acids is 1. The fourth-order valence-corrected chi connectivity index (χ4v) is 2.32. The molecule has 3 N–H and O–H groups in total. The summed E-state index contributed by atoms with van der Waals surface area (Å²) in [7, 11) is 0. The number of hydrogen-bond donors (Lipinski definition) is 2. The summed E-state index contributed by atoms with van der Waals surface area (Å²) in [6.07, 6.45) is 1.45. The molecular formula is C13H16N6O. The van der Waals surface area contributed by atoms with Crippen LogP contribution >= 0.6 is 0 Å². The Labute approximate surface area is 116 Å². The van der Waals surface area contributed by atoms with Crippen LogP contribution in [0.5, 0.6) is 0 Å². The minimum absolute atomic E-state index is 0.0734. The predicted molar refractivity (Wildman–Crippen MR) is 75.4 cm³/mol. The summed E-state index contributed by atoms with van der Waals surface area (Å²) in [6, 6.07) is 7.79. The average Bonchev–Trinajstić information content (AvgIpc) is 3.02. The van der Waals surface area contributed by atoms with Gasteiger partial charge in [0.25, 0.3) is 5.91 Å². The molecule has 20 heavy (non-hydrogen) atoms. The fraction of sp³-hybridized carbons (Fsp3) is 0.308. The molecule has 0 atom stereocenters. The SMILES string of the molecule is Nc1ccc(N2CCN(C(=O)c3cn[nH]n3)CC2)cc1. The summed E-state index contributed by atoms with van der Waals surface area (Å²) >= 11 is 0. The van der Waals surface area contributed by atoms with Crippen molar-refractivity contribution in [1.82, 2.24) is 20.3 Å². The Morgan fingerprint density at radius 1 is 1.15 bits per heavy atom. The van der Waals surface area contributed by atoms with Crippen molar-refractivity contribution >= 4 is 17.3 Å². The third-order valence-electron chi connectivity index (χ3n) is 3.46. The van der Waals surface area contributed by atoms with E-state index in [0.29, 0.717) is 18.8 Å². The number of nitrogens with one attached hydrogen (secondary N) is 1. The Morgan fingerprint density at radius 3 is 2.45 bits per heavy atom. The monoisotopic (exact) mass is 272 g/mol. The van der Waals surface area contributed by atoms with E-state index < -0.39 is 0 Å². The van der Waals surface area contributed by atoms with Crippen LogP contribution in [0.25, 0.3) is 0 Å². The second-order valence-electron chi connectivity index (χ2n) is 4.73. The highest BCUT2D eigenvalue weighted by Gasteiger charge is 2.23. The number of piperazine rings is 1. The van der Waals surface area contributed by atoms with Crippen molar-refractivity contribution in [1.29, 1.82) is 0 Å². The van der Waals surface area contributed by atoms with Crippen molar-refractivity contribution < 1.29 is 4.79 Å². The lowest BCUT2D eigenvalue weighted by molar-refractivity contribution is 0.0741. The standard InChI is InChI=1S/C13H16N6O/c14-10-1-3-11(4-2-10)18-5-7-19(8-6-18)13(20)12-9-15-17-16-12/h1-4,9H,5-8,14H2,(H,15,16,17). The number of aromatic amines is 1. The number of hydrogen-bond acceptors (Lipinski definition) is 5. The van der Waals surface area contributed by atoms with Crippen LogP contribution < -0.4 is 10.6 Å².